The van der Waals surface area contributed by atoms with Crippen LogP contribution in [0.4, 0.5) is 0 Å². The van der Waals surface area contributed by atoms with Crippen LogP contribution in [0.25, 0.3) is 0 Å². The highest BCUT2D eigenvalue weighted by atomic mass is 16.5. The quantitative estimate of drug-likeness (QED) is 0.529. The normalized spacial score (nSPS) is 12.1. The van der Waals surface area contributed by atoms with E-state index in [9.17, 15) is 10.2 Å². The Kier molecular flexibility index (Phi) is 8.45. The number of rotatable bonds is 11. The van der Waals surface area contributed by atoms with E-state index in [-0.39, 0.29) is 5.75 Å². The van der Waals surface area contributed by atoms with Gasteiger partial charge in [0.05, 0.1) is 26.4 Å². The molecule has 0 aromatic heterocycles. The molecule has 2 N–H and O–H groups in total. The van der Waals surface area contributed by atoms with Gasteiger partial charge in [-0.15, -0.1) is 0 Å². The predicted molar refractivity (Wildman–Crippen MR) is 110 cm³/mol. The van der Waals surface area contributed by atoms with Gasteiger partial charge >= 0.3 is 0 Å². The molecular formula is C23H32O5. The van der Waals surface area contributed by atoms with Crippen molar-refractivity contribution < 1.29 is 24.4 Å². The monoisotopic (exact) mass is 388 g/mol. The Morgan fingerprint density at radius 3 is 2.11 bits per heavy atom. The highest BCUT2D eigenvalue weighted by molar-refractivity contribution is 5.49. The van der Waals surface area contributed by atoms with Crippen molar-refractivity contribution in [2.24, 2.45) is 5.92 Å². The Balaban J connectivity index is 1.75. The van der Waals surface area contributed by atoms with Gasteiger partial charge in [-0.2, -0.15) is 0 Å². The molecule has 0 saturated heterocycles. The molecule has 0 radical (unpaired) electrons. The average Bonchev–Trinajstić information content (AvgIpc) is 2.67. The van der Waals surface area contributed by atoms with Crippen molar-refractivity contribution in [3.05, 3.63) is 47.5 Å². The molecule has 2 aromatic carbocycles. The van der Waals surface area contributed by atoms with Gasteiger partial charge in [0.2, 0.25) is 0 Å². The molecule has 1 atom stereocenters. The number of hydrogen-bond acceptors (Lipinski definition) is 5. The molecule has 28 heavy (non-hydrogen) atoms. The van der Waals surface area contributed by atoms with Gasteiger partial charge in [0.15, 0.2) is 0 Å². The minimum absolute atomic E-state index is 0.119. The van der Waals surface area contributed by atoms with Crippen molar-refractivity contribution in [3.8, 4) is 23.0 Å². The number of phenols is 1. The summed E-state index contributed by atoms with van der Waals surface area (Å²) < 4.78 is 16.6. The minimum Gasteiger partial charge on any atom is -0.507 e. The lowest BCUT2D eigenvalue weighted by Gasteiger charge is -2.18. The number of phenolic OH excluding ortho intramolecular Hbond substituents is 1. The van der Waals surface area contributed by atoms with E-state index < -0.39 is 6.10 Å². The summed E-state index contributed by atoms with van der Waals surface area (Å²) in [5, 5.41) is 20.7. The van der Waals surface area contributed by atoms with E-state index in [1.54, 1.807) is 13.2 Å². The van der Waals surface area contributed by atoms with Gasteiger partial charge in [-0.25, -0.2) is 0 Å². The van der Waals surface area contributed by atoms with Crippen LogP contribution in [0.3, 0.4) is 0 Å². The third-order valence-corrected chi connectivity index (χ3v) is 4.59. The standard InChI is InChI=1S/C23H32O5/c1-16(2)15-21(24)20-11-12-22(17(3)23(20)25)28-14-6-5-13-27-19-9-7-18(26-4)8-10-19/h7-12,16,21,24-25H,5-6,13-15H2,1-4H3. The largest absolute Gasteiger partial charge is 0.507 e. The molecule has 0 amide bonds. The number of aromatic hydroxyl groups is 1. The smallest absolute Gasteiger partial charge is 0.127 e. The van der Waals surface area contributed by atoms with E-state index in [2.05, 4.69) is 0 Å². The molecule has 0 heterocycles. The Morgan fingerprint density at radius 1 is 0.893 bits per heavy atom. The van der Waals surface area contributed by atoms with Crippen molar-refractivity contribution in [2.45, 2.75) is 46.1 Å². The van der Waals surface area contributed by atoms with Crippen LogP contribution in [0.5, 0.6) is 23.0 Å². The first kappa shape index (κ1) is 21.9. The average molecular weight is 389 g/mol. The van der Waals surface area contributed by atoms with E-state index in [1.807, 2.05) is 51.1 Å². The number of hydrogen-bond donors (Lipinski definition) is 2. The van der Waals surface area contributed by atoms with Gasteiger partial charge in [0.25, 0.3) is 0 Å². The van der Waals surface area contributed by atoms with Crippen LogP contribution in [-0.4, -0.2) is 30.5 Å². The first-order valence-corrected chi connectivity index (χ1v) is 9.82. The first-order chi connectivity index (χ1) is 13.4. The second-order valence-electron chi connectivity index (χ2n) is 7.35. The predicted octanol–water partition coefficient (Wildman–Crippen LogP) is 5.03. The summed E-state index contributed by atoms with van der Waals surface area (Å²) >= 11 is 0. The molecule has 0 saturated carbocycles. The third kappa shape index (κ3) is 6.34. The van der Waals surface area contributed by atoms with Crippen LogP contribution in [0, 0.1) is 12.8 Å². The molecule has 5 heteroatoms. The fourth-order valence-electron chi connectivity index (χ4n) is 2.95. The Bertz CT molecular complexity index is 725. The molecular weight excluding hydrogens is 356 g/mol. The summed E-state index contributed by atoms with van der Waals surface area (Å²) in [4.78, 5) is 0. The number of methoxy groups -OCH3 is 1. The summed E-state index contributed by atoms with van der Waals surface area (Å²) in [5.74, 6) is 2.74. The lowest BCUT2D eigenvalue weighted by Crippen LogP contribution is -2.05. The molecule has 0 spiro atoms. The topological polar surface area (TPSA) is 68.2 Å². The van der Waals surface area contributed by atoms with Crippen molar-refractivity contribution in [2.75, 3.05) is 20.3 Å². The van der Waals surface area contributed by atoms with Crippen LogP contribution >= 0.6 is 0 Å². The summed E-state index contributed by atoms with van der Waals surface area (Å²) in [6, 6.07) is 11.1. The van der Waals surface area contributed by atoms with E-state index in [1.165, 1.54) is 0 Å². The lowest BCUT2D eigenvalue weighted by atomic mass is 9.97. The van der Waals surface area contributed by atoms with Gasteiger partial charge in [0.1, 0.15) is 23.0 Å². The zero-order chi connectivity index (χ0) is 20.5. The van der Waals surface area contributed by atoms with Crippen molar-refractivity contribution in [1.29, 1.82) is 0 Å². The van der Waals surface area contributed by atoms with Gasteiger partial charge < -0.3 is 24.4 Å². The van der Waals surface area contributed by atoms with Crippen molar-refractivity contribution in [3.63, 3.8) is 0 Å². The number of benzene rings is 2. The van der Waals surface area contributed by atoms with Gasteiger partial charge in [-0.3, -0.25) is 0 Å². The first-order valence-electron chi connectivity index (χ1n) is 9.82. The second kappa shape index (κ2) is 10.8. The maximum Gasteiger partial charge on any atom is 0.127 e. The molecule has 2 rings (SSSR count). The van der Waals surface area contributed by atoms with E-state index >= 15 is 0 Å². The second-order valence-corrected chi connectivity index (χ2v) is 7.35. The molecule has 5 nitrogen and oxygen atoms in total. The van der Waals surface area contributed by atoms with Crippen LogP contribution in [0.1, 0.15) is 50.3 Å². The van der Waals surface area contributed by atoms with E-state index in [4.69, 9.17) is 14.2 Å². The SMILES string of the molecule is COc1ccc(OCCCCOc2ccc(C(O)CC(C)C)c(O)c2C)cc1. The van der Waals surface area contributed by atoms with Crippen molar-refractivity contribution >= 4 is 0 Å². The highest BCUT2D eigenvalue weighted by Gasteiger charge is 2.17. The molecule has 0 aliphatic rings. The molecule has 154 valence electrons. The molecule has 0 bridgehead atoms. The number of aliphatic hydroxyl groups is 1. The summed E-state index contributed by atoms with van der Waals surface area (Å²) in [5.41, 5.74) is 1.22. The summed E-state index contributed by atoms with van der Waals surface area (Å²) in [7, 11) is 1.64. The Morgan fingerprint density at radius 2 is 1.50 bits per heavy atom. The molecule has 2 aromatic rings. The molecule has 0 fully saturated rings. The van der Waals surface area contributed by atoms with E-state index in [0.29, 0.717) is 42.4 Å². The highest BCUT2D eigenvalue weighted by Crippen LogP contribution is 2.36. The zero-order valence-electron chi connectivity index (χ0n) is 17.3. The van der Waals surface area contributed by atoms with Crippen molar-refractivity contribution in [1.82, 2.24) is 0 Å². The van der Waals surface area contributed by atoms with Gasteiger partial charge in [-0.05, 0) is 68.5 Å². The molecule has 0 aliphatic carbocycles. The van der Waals surface area contributed by atoms with Gasteiger partial charge in [0, 0.05) is 11.1 Å². The maximum absolute atomic E-state index is 10.4. The van der Waals surface area contributed by atoms with Gasteiger partial charge in [-0.1, -0.05) is 13.8 Å². The Hall–Kier alpha value is -2.40. The number of aliphatic hydroxyl groups excluding tert-OH is 1. The molecule has 1 unspecified atom stereocenters. The fraction of sp³-hybridized carbons (Fsp3) is 0.478. The van der Waals surface area contributed by atoms with E-state index in [0.717, 1.165) is 24.3 Å². The fourth-order valence-corrected chi connectivity index (χ4v) is 2.95. The maximum atomic E-state index is 10.4. The Labute approximate surface area is 167 Å². The minimum atomic E-state index is -0.664. The van der Waals surface area contributed by atoms with Crippen LogP contribution in [0.15, 0.2) is 36.4 Å². The summed E-state index contributed by atoms with van der Waals surface area (Å²) in [6.45, 7) is 7.05. The lowest BCUT2D eigenvalue weighted by molar-refractivity contribution is 0.147. The zero-order valence-corrected chi connectivity index (χ0v) is 17.3. The molecule has 0 aliphatic heterocycles. The third-order valence-electron chi connectivity index (χ3n) is 4.59. The number of unbranched alkanes of at least 4 members (excludes halogenated alkanes) is 1. The van der Waals surface area contributed by atoms with Crippen LogP contribution < -0.4 is 14.2 Å². The van der Waals surface area contributed by atoms with Crippen LogP contribution in [0.2, 0.25) is 0 Å². The summed E-state index contributed by atoms with van der Waals surface area (Å²) in [6.07, 6.45) is 1.65. The number of ether oxygens (including phenoxy) is 3. The van der Waals surface area contributed by atoms with Crippen LogP contribution in [-0.2, 0) is 0 Å².